The summed E-state index contributed by atoms with van der Waals surface area (Å²) < 4.78 is 0. The summed E-state index contributed by atoms with van der Waals surface area (Å²) in [5.41, 5.74) is 0.805. The molecule has 1 aromatic rings. The number of amides is 1. The highest BCUT2D eigenvalue weighted by atomic mass is 35.5. The third-order valence-electron chi connectivity index (χ3n) is 5.23. The third-order valence-corrected chi connectivity index (χ3v) is 6.01. The van der Waals surface area contributed by atoms with Gasteiger partial charge < -0.3 is 10.0 Å². The van der Waals surface area contributed by atoms with E-state index >= 15 is 0 Å². The van der Waals surface area contributed by atoms with Gasteiger partial charge in [-0.25, -0.2) is 0 Å². The Morgan fingerprint density at radius 3 is 2.58 bits per heavy atom. The SMILES string of the molecule is O=C1CCCN1CCC1CCN(Cc2c(Cl)ccc(O)c2Cl)CC1. The summed E-state index contributed by atoms with van der Waals surface area (Å²) >= 11 is 12.4. The maximum absolute atomic E-state index is 11.7. The van der Waals surface area contributed by atoms with Crippen LogP contribution < -0.4 is 0 Å². The third kappa shape index (κ3) is 4.16. The number of aromatic hydroxyl groups is 1. The van der Waals surface area contributed by atoms with E-state index < -0.39 is 0 Å². The smallest absolute Gasteiger partial charge is 0.222 e. The quantitative estimate of drug-likeness (QED) is 0.853. The summed E-state index contributed by atoms with van der Waals surface area (Å²) in [4.78, 5) is 16.0. The van der Waals surface area contributed by atoms with Crippen molar-refractivity contribution < 1.29 is 9.90 Å². The molecule has 4 nitrogen and oxygen atoms in total. The van der Waals surface area contributed by atoms with Crippen LogP contribution in [-0.2, 0) is 11.3 Å². The van der Waals surface area contributed by atoms with Crippen molar-refractivity contribution in [3.8, 4) is 5.75 Å². The number of hydrogen-bond donors (Lipinski definition) is 1. The molecule has 24 heavy (non-hydrogen) atoms. The number of benzene rings is 1. The molecule has 1 amide bonds. The largest absolute Gasteiger partial charge is 0.506 e. The minimum atomic E-state index is 0.0845. The first kappa shape index (κ1) is 17.8. The van der Waals surface area contributed by atoms with Crippen molar-refractivity contribution in [2.75, 3.05) is 26.2 Å². The van der Waals surface area contributed by atoms with Gasteiger partial charge in [-0.2, -0.15) is 0 Å². The van der Waals surface area contributed by atoms with Gasteiger partial charge in [-0.3, -0.25) is 9.69 Å². The first-order valence-corrected chi connectivity index (χ1v) is 9.46. The van der Waals surface area contributed by atoms with Crippen LogP contribution in [0.15, 0.2) is 12.1 Å². The van der Waals surface area contributed by atoms with E-state index in [2.05, 4.69) is 4.90 Å². The molecule has 2 aliphatic heterocycles. The van der Waals surface area contributed by atoms with Gasteiger partial charge in [0.25, 0.3) is 0 Å². The summed E-state index contributed by atoms with van der Waals surface area (Å²) in [5, 5.41) is 10.7. The number of nitrogens with zero attached hydrogens (tertiary/aromatic N) is 2. The molecule has 0 unspecified atom stereocenters. The molecule has 0 atom stereocenters. The van der Waals surface area contributed by atoms with Gasteiger partial charge in [0.15, 0.2) is 0 Å². The van der Waals surface area contributed by atoms with Crippen LogP contribution in [0, 0.1) is 5.92 Å². The maximum Gasteiger partial charge on any atom is 0.222 e. The molecule has 0 radical (unpaired) electrons. The van der Waals surface area contributed by atoms with E-state index in [1.54, 1.807) is 6.07 Å². The Bertz CT molecular complexity index is 601. The Balaban J connectivity index is 1.47. The first-order valence-electron chi connectivity index (χ1n) is 8.70. The molecule has 2 saturated heterocycles. The molecular weight excluding hydrogens is 347 g/mol. The van der Waals surface area contributed by atoms with E-state index in [-0.39, 0.29) is 5.75 Å². The van der Waals surface area contributed by atoms with E-state index in [1.807, 2.05) is 4.90 Å². The lowest BCUT2D eigenvalue weighted by molar-refractivity contribution is -0.127. The van der Waals surface area contributed by atoms with Gasteiger partial charge in [0.1, 0.15) is 5.75 Å². The minimum Gasteiger partial charge on any atom is -0.506 e. The summed E-state index contributed by atoms with van der Waals surface area (Å²) in [6.07, 6.45) is 5.12. The Kier molecular flexibility index (Phi) is 5.90. The molecule has 3 rings (SSSR count). The lowest BCUT2D eigenvalue weighted by atomic mass is 9.93. The van der Waals surface area contributed by atoms with E-state index in [4.69, 9.17) is 23.2 Å². The van der Waals surface area contributed by atoms with Crippen molar-refractivity contribution in [1.82, 2.24) is 9.80 Å². The van der Waals surface area contributed by atoms with Gasteiger partial charge in [-0.15, -0.1) is 0 Å². The molecule has 2 aliphatic rings. The normalized spacial score (nSPS) is 20.1. The van der Waals surface area contributed by atoms with Crippen LogP contribution >= 0.6 is 23.2 Å². The second kappa shape index (κ2) is 7.94. The number of phenols is 1. The molecular formula is C18H24Cl2N2O2. The van der Waals surface area contributed by atoms with Crippen LogP contribution in [0.2, 0.25) is 10.0 Å². The van der Waals surface area contributed by atoms with Gasteiger partial charge in [-0.1, -0.05) is 23.2 Å². The average Bonchev–Trinajstić information content (AvgIpc) is 2.99. The maximum atomic E-state index is 11.7. The van der Waals surface area contributed by atoms with Crippen molar-refractivity contribution in [3.05, 3.63) is 27.7 Å². The molecule has 2 heterocycles. The number of carbonyl (C=O) groups excluding carboxylic acids is 1. The number of phenolic OH excluding ortho intramolecular Hbond substituents is 1. The standard InChI is InChI=1S/C18H24Cl2N2O2/c19-15-3-4-16(23)18(20)14(15)12-21-9-5-13(6-10-21)7-11-22-8-1-2-17(22)24/h3-4,13,23H,1-2,5-12H2. The summed E-state index contributed by atoms with van der Waals surface area (Å²) in [6.45, 7) is 4.52. The summed E-state index contributed by atoms with van der Waals surface area (Å²) in [7, 11) is 0. The molecule has 1 N–H and O–H groups in total. The topological polar surface area (TPSA) is 43.8 Å². The number of likely N-dealkylation sites (tertiary alicyclic amines) is 2. The fourth-order valence-corrected chi connectivity index (χ4v) is 4.16. The number of carbonyl (C=O) groups is 1. The van der Waals surface area contributed by atoms with E-state index in [9.17, 15) is 9.90 Å². The Morgan fingerprint density at radius 1 is 1.17 bits per heavy atom. The van der Waals surface area contributed by atoms with Crippen LogP contribution in [0.5, 0.6) is 5.75 Å². The number of hydrogen-bond acceptors (Lipinski definition) is 3. The Morgan fingerprint density at radius 2 is 1.92 bits per heavy atom. The van der Waals surface area contributed by atoms with Crippen LogP contribution in [-0.4, -0.2) is 47.0 Å². The fourth-order valence-electron chi connectivity index (χ4n) is 3.67. The van der Waals surface area contributed by atoms with Crippen molar-refractivity contribution >= 4 is 29.1 Å². The van der Waals surface area contributed by atoms with Crippen LogP contribution in [0.4, 0.5) is 0 Å². The summed E-state index contributed by atoms with van der Waals surface area (Å²) in [5.74, 6) is 1.09. The molecule has 132 valence electrons. The lowest BCUT2D eigenvalue weighted by Crippen LogP contribution is -2.35. The fraction of sp³-hybridized carbons (Fsp3) is 0.611. The second-order valence-corrected chi connectivity index (χ2v) is 7.64. The van der Waals surface area contributed by atoms with E-state index in [0.29, 0.717) is 28.4 Å². The lowest BCUT2D eigenvalue weighted by Gasteiger charge is -2.33. The average molecular weight is 371 g/mol. The molecule has 0 aliphatic carbocycles. The Labute approximate surface area is 153 Å². The predicted octanol–water partition coefficient (Wildman–Crippen LogP) is 3.92. The van der Waals surface area contributed by atoms with E-state index in [0.717, 1.165) is 63.8 Å². The molecule has 0 saturated carbocycles. The zero-order chi connectivity index (χ0) is 17.1. The highest BCUT2D eigenvalue weighted by Crippen LogP contribution is 2.34. The molecule has 0 spiro atoms. The van der Waals surface area contributed by atoms with Gasteiger partial charge >= 0.3 is 0 Å². The summed E-state index contributed by atoms with van der Waals surface area (Å²) in [6, 6.07) is 3.22. The highest BCUT2D eigenvalue weighted by Gasteiger charge is 2.24. The minimum absolute atomic E-state index is 0.0845. The number of piperidine rings is 1. The first-order chi connectivity index (χ1) is 11.5. The molecule has 0 bridgehead atoms. The van der Waals surface area contributed by atoms with Crippen molar-refractivity contribution in [2.45, 2.75) is 38.6 Å². The van der Waals surface area contributed by atoms with Crippen LogP contribution in [0.1, 0.15) is 37.7 Å². The van der Waals surface area contributed by atoms with Crippen LogP contribution in [0.25, 0.3) is 0 Å². The monoisotopic (exact) mass is 370 g/mol. The zero-order valence-corrected chi connectivity index (χ0v) is 15.3. The van der Waals surface area contributed by atoms with Crippen molar-refractivity contribution in [3.63, 3.8) is 0 Å². The molecule has 1 aromatic carbocycles. The van der Waals surface area contributed by atoms with Gasteiger partial charge in [0.2, 0.25) is 5.91 Å². The highest BCUT2D eigenvalue weighted by molar-refractivity contribution is 6.36. The molecule has 6 heteroatoms. The van der Waals surface area contributed by atoms with Gasteiger partial charge in [0.05, 0.1) is 5.02 Å². The molecule has 2 fully saturated rings. The van der Waals surface area contributed by atoms with Gasteiger partial charge in [-0.05, 0) is 56.8 Å². The van der Waals surface area contributed by atoms with Crippen molar-refractivity contribution in [1.29, 1.82) is 0 Å². The second-order valence-electron chi connectivity index (χ2n) is 6.85. The molecule has 0 aromatic heterocycles. The predicted molar refractivity (Wildman–Crippen MR) is 96.6 cm³/mol. The zero-order valence-electron chi connectivity index (χ0n) is 13.8. The Hall–Kier alpha value is -0.970. The number of halogens is 2. The van der Waals surface area contributed by atoms with E-state index in [1.165, 1.54) is 6.07 Å². The van der Waals surface area contributed by atoms with Crippen molar-refractivity contribution in [2.24, 2.45) is 5.92 Å². The number of rotatable bonds is 5. The van der Waals surface area contributed by atoms with Gasteiger partial charge in [0, 0.05) is 36.6 Å². The van der Waals surface area contributed by atoms with Crippen LogP contribution in [0.3, 0.4) is 0 Å².